The largest absolute Gasteiger partial charge is 0.655 e. The number of halogens is 4. The molecule has 0 spiro atoms. The SMILES string of the molecule is C=C.FC(F)=C(F)c1ccc(C[N-]Cc2ccc(F)cc2)cc1. The third kappa shape index (κ3) is 6.08. The van der Waals surface area contributed by atoms with Gasteiger partial charge in [-0.15, -0.1) is 26.2 Å². The van der Waals surface area contributed by atoms with E-state index in [0.717, 1.165) is 11.1 Å². The molecule has 0 unspecified atom stereocenters. The van der Waals surface area contributed by atoms with E-state index in [2.05, 4.69) is 18.5 Å². The molecule has 2 rings (SSSR count). The first kappa shape index (κ1) is 18.6. The molecule has 0 saturated carbocycles. The Bertz CT molecular complexity index is 629. The molecule has 0 bridgehead atoms. The molecule has 1 nitrogen and oxygen atoms in total. The summed E-state index contributed by atoms with van der Waals surface area (Å²) in [5, 5.41) is 4.27. The maximum absolute atomic E-state index is 13.0. The van der Waals surface area contributed by atoms with E-state index in [1.54, 1.807) is 24.3 Å². The van der Waals surface area contributed by atoms with Gasteiger partial charge in [0.05, 0.1) is 0 Å². The summed E-state index contributed by atoms with van der Waals surface area (Å²) in [7, 11) is 0. The van der Waals surface area contributed by atoms with E-state index < -0.39 is 11.9 Å². The molecule has 23 heavy (non-hydrogen) atoms. The van der Waals surface area contributed by atoms with Gasteiger partial charge in [0.2, 0.25) is 0 Å². The van der Waals surface area contributed by atoms with Gasteiger partial charge in [-0.1, -0.05) is 47.5 Å². The number of benzene rings is 2. The van der Waals surface area contributed by atoms with Crippen LogP contribution in [0.5, 0.6) is 0 Å². The maximum Gasteiger partial charge on any atom is 0.306 e. The second kappa shape index (κ2) is 9.58. The Labute approximate surface area is 133 Å². The van der Waals surface area contributed by atoms with Crippen LogP contribution in [-0.4, -0.2) is 0 Å². The van der Waals surface area contributed by atoms with Gasteiger partial charge >= 0.3 is 6.08 Å². The summed E-state index contributed by atoms with van der Waals surface area (Å²) in [6.45, 7) is 6.80. The molecule has 0 heterocycles. The summed E-state index contributed by atoms with van der Waals surface area (Å²) in [5.74, 6) is -1.81. The summed E-state index contributed by atoms with van der Waals surface area (Å²) < 4.78 is 49.9. The Kier molecular flexibility index (Phi) is 7.77. The van der Waals surface area contributed by atoms with Gasteiger partial charge in [0, 0.05) is 5.56 Å². The predicted molar refractivity (Wildman–Crippen MR) is 85.1 cm³/mol. The second-order valence-corrected chi connectivity index (χ2v) is 4.44. The molecule has 0 aromatic heterocycles. The number of hydrogen-bond donors (Lipinski definition) is 0. The zero-order chi connectivity index (χ0) is 17.2. The highest BCUT2D eigenvalue weighted by atomic mass is 19.3. The van der Waals surface area contributed by atoms with E-state index in [1.807, 2.05) is 0 Å². The number of rotatable bonds is 5. The first-order valence-corrected chi connectivity index (χ1v) is 6.74. The quantitative estimate of drug-likeness (QED) is 0.457. The Hall–Kier alpha value is -2.40. The van der Waals surface area contributed by atoms with Crippen LogP contribution in [0.4, 0.5) is 17.6 Å². The molecule has 0 aliphatic rings. The summed E-state index contributed by atoms with van der Waals surface area (Å²) in [6, 6.07) is 11.7. The molecule has 5 heteroatoms. The van der Waals surface area contributed by atoms with Gasteiger partial charge in [-0.25, -0.2) is 8.78 Å². The first-order valence-electron chi connectivity index (χ1n) is 6.74. The average molecular weight is 322 g/mol. The van der Waals surface area contributed by atoms with Gasteiger partial charge < -0.3 is 5.32 Å². The van der Waals surface area contributed by atoms with Gasteiger partial charge in [-0.3, -0.25) is 0 Å². The summed E-state index contributed by atoms with van der Waals surface area (Å²) in [5.41, 5.74) is 1.51. The van der Waals surface area contributed by atoms with E-state index in [0.29, 0.717) is 13.1 Å². The lowest BCUT2D eigenvalue weighted by Crippen LogP contribution is -1.89. The van der Waals surface area contributed by atoms with Gasteiger partial charge in [0.1, 0.15) is 5.82 Å². The number of hydrogen-bond acceptors (Lipinski definition) is 0. The third-order valence-electron chi connectivity index (χ3n) is 2.88. The minimum atomic E-state index is -2.33. The lowest BCUT2D eigenvalue weighted by molar-refractivity contribution is 0.410. The Balaban J connectivity index is 0.00000127. The molecule has 0 radical (unpaired) electrons. The van der Waals surface area contributed by atoms with Crippen LogP contribution >= 0.6 is 0 Å². The minimum absolute atomic E-state index is 0.155. The molecule has 0 fully saturated rings. The highest BCUT2D eigenvalue weighted by Gasteiger charge is 2.07. The Morgan fingerprint density at radius 1 is 0.783 bits per heavy atom. The molecule has 122 valence electrons. The highest BCUT2D eigenvalue weighted by Crippen LogP contribution is 2.22. The van der Waals surface area contributed by atoms with Crippen molar-refractivity contribution in [3.63, 3.8) is 0 Å². The normalized spacial score (nSPS) is 9.74. The van der Waals surface area contributed by atoms with Crippen molar-refractivity contribution in [1.29, 1.82) is 0 Å². The van der Waals surface area contributed by atoms with Crippen molar-refractivity contribution < 1.29 is 17.6 Å². The summed E-state index contributed by atoms with van der Waals surface area (Å²) in [4.78, 5) is 0. The van der Waals surface area contributed by atoms with Gasteiger partial charge in [0.25, 0.3) is 0 Å². The van der Waals surface area contributed by atoms with E-state index in [4.69, 9.17) is 0 Å². The molecule has 0 aliphatic carbocycles. The monoisotopic (exact) mass is 322 g/mol. The van der Waals surface area contributed by atoms with Crippen molar-refractivity contribution in [3.05, 3.63) is 95.6 Å². The first-order chi connectivity index (χ1) is 11.1. The smallest absolute Gasteiger partial charge is 0.306 e. The van der Waals surface area contributed by atoms with Crippen LogP contribution in [0.15, 0.2) is 67.8 Å². The van der Waals surface area contributed by atoms with Gasteiger partial charge in [-0.05, 0) is 12.1 Å². The zero-order valence-corrected chi connectivity index (χ0v) is 12.4. The van der Waals surface area contributed by atoms with E-state index in [9.17, 15) is 17.6 Å². The van der Waals surface area contributed by atoms with Crippen molar-refractivity contribution >= 4 is 5.83 Å². The third-order valence-corrected chi connectivity index (χ3v) is 2.88. The van der Waals surface area contributed by atoms with Crippen molar-refractivity contribution in [2.24, 2.45) is 0 Å². The molecular formula is C18H16F4N-. The van der Waals surface area contributed by atoms with Crippen LogP contribution in [0, 0.1) is 5.82 Å². The van der Waals surface area contributed by atoms with Crippen molar-refractivity contribution in [3.8, 4) is 0 Å². The fourth-order valence-electron chi connectivity index (χ4n) is 1.77. The fraction of sp³-hybridized carbons (Fsp3) is 0.111. The van der Waals surface area contributed by atoms with Crippen LogP contribution in [0.2, 0.25) is 0 Å². The van der Waals surface area contributed by atoms with Crippen LogP contribution in [0.25, 0.3) is 11.1 Å². The molecular weight excluding hydrogens is 306 g/mol. The van der Waals surface area contributed by atoms with Gasteiger partial charge in [-0.2, -0.15) is 8.78 Å². The molecule has 2 aromatic carbocycles. The molecule has 0 aliphatic heterocycles. The topological polar surface area (TPSA) is 14.1 Å². The van der Waals surface area contributed by atoms with E-state index >= 15 is 0 Å². The average Bonchev–Trinajstić information content (AvgIpc) is 2.58. The van der Waals surface area contributed by atoms with Gasteiger partial charge in [0.15, 0.2) is 5.83 Å². The van der Waals surface area contributed by atoms with E-state index in [-0.39, 0.29) is 11.4 Å². The molecule has 0 N–H and O–H groups in total. The van der Waals surface area contributed by atoms with Crippen LogP contribution in [-0.2, 0) is 13.1 Å². The fourth-order valence-corrected chi connectivity index (χ4v) is 1.77. The zero-order valence-electron chi connectivity index (χ0n) is 12.4. The van der Waals surface area contributed by atoms with Crippen LogP contribution < -0.4 is 0 Å². The Morgan fingerprint density at radius 3 is 1.65 bits per heavy atom. The summed E-state index contributed by atoms with van der Waals surface area (Å²) >= 11 is 0. The lowest BCUT2D eigenvalue weighted by atomic mass is 10.1. The maximum atomic E-state index is 13.0. The van der Waals surface area contributed by atoms with Crippen molar-refractivity contribution in [2.75, 3.05) is 0 Å². The van der Waals surface area contributed by atoms with Crippen LogP contribution in [0.3, 0.4) is 0 Å². The standard InChI is InChI=1S/C16H12F4N.C2H4/c17-14-7-3-12(4-8-14)10-21-9-11-1-5-13(6-2-11)15(18)16(19)20;1-2/h1-8H,9-10H2;1-2H2/q-1;. The van der Waals surface area contributed by atoms with Crippen molar-refractivity contribution in [2.45, 2.75) is 13.1 Å². The van der Waals surface area contributed by atoms with Crippen molar-refractivity contribution in [1.82, 2.24) is 0 Å². The molecule has 0 atom stereocenters. The Morgan fingerprint density at radius 2 is 1.22 bits per heavy atom. The molecule has 0 amide bonds. The number of nitrogens with zero attached hydrogens (tertiary/aromatic N) is 1. The minimum Gasteiger partial charge on any atom is -0.655 e. The molecule has 2 aromatic rings. The highest BCUT2D eigenvalue weighted by molar-refractivity contribution is 5.59. The van der Waals surface area contributed by atoms with E-state index in [1.165, 1.54) is 24.3 Å². The predicted octanol–water partition coefficient (Wildman–Crippen LogP) is 6.24. The lowest BCUT2D eigenvalue weighted by Gasteiger charge is -2.19. The summed E-state index contributed by atoms with van der Waals surface area (Å²) in [6.07, 6.45) is -2.33. The van der Waals surface area contributed by atoms with Crippen LogP contribution in [0.1, 0.15) is 16.7 Å². The molecule has 0 saturated heterocycles. The second-order valence-electron chi connectivity index (χ2n) is 4.44.